The third-order valence-electron chi connectivity index (χ3n) is 6.67. The zero-order valence-corrected chi connectivity index (χ0v) is 26.8. The van der Waals surface area contributed by atoms with Crippen LogP contribution in [0.1, 0.15) is 41.2 Å². The largest absolute Gasteiger partial charge is 0.493 e. The summed E-state index contributed by atoms with van der Waals surface area (Å²) >= 11 is 1.55. The molecule has 0 fully saturated rings. The Balaban J connectivity index is 1.69. The first-order chi connectivity index (χ1) is 21.8. The molecular weight excluding hydrogens is 588 g/mol. The van der Waals surface area contributed by atoms with Crippen LogP contribution in [0.5, 0.6) is 28.7 Å². The van der Waals surface area contributed by atoms with Crippen molar-refractivity contribution in [2.45, 2.75) is 36.2 Å². The van der Waals surface area contributed by atoms with Crippen molar-refractivity contribution >= 4 is 17.7 Å². The summed E-state index contributed by atoms with van der Waals surface area (Å²) in [5.41, 5.74) is 3.98. The summed E-state index contributed by atoms with van der Waals surface area (Å²) in [7, 11) is 6.37. The lowest BCUT2D eigenvalue weighted by molar-refractivity contribution is -0.145. The van der Waals surface area contributed by atoms with Crippen LogP contribution in [0.4, 0.5) is 0 Å². The fourth-order valence-corrected chi connectivity index (χ4v) is 5.35. The standard InChI is InChI=1S/C37H34O7S/c1-7-31(37(38)39)44-32-17-14-29(18-24(32)2)45-30-20-27(10-8-25-12-15-33(40-3)35(22-25)42-5)19-28(21-30)11-9-26-13-16-34(41-4)36(23-26)43-6/h12-23,31H,7H2,1-6H3,(H,38,39). The maximum absolute atomic E-state index is 11.5. The van der Waals surface area contributed by atoms with Crippen LogP contribution in [0.3, 0.4) is 0 Å². The van der Waals surface area contributed by atoms with Crippen LogP contribution < -0.4 is 23.7 Å². The molecule has 0 aliphatic rings. The second-order valence-corrected chi connectivity index (χ2v) is 10.9. The van der Waals surface area contributed by atoms with E-state index in [2.05, 4.69) is 23.7 Å². The first kappa shape index (κ1) is 32.7. The molecular formula is C37H34O7S. The molecule has 230 valence electrons. The zero-order valence-electron chi connectivity index (χ0n) is 26.0. The fraction of sp³-hybridized carbons (Fsp3) is 0.216. The fourth-order valence-electron chi connectivity index (χ4n) is 4.33. The number of rotatable bonds is 10. The Morgan fingerprint density at radius 1 is 0.644 bits per heavy atom. The van der Waals surface area contributed by atoms with Crippen molar-refractivity contribution in [3.8, 4) is 52.4 Å². The number of carboxylic acids is 1. The predicted octanol–water partition coefficient (Wildman–Crippen LogP) is 7.22. The predicted molar refractivity (Wildman–Crippen MR) is 175 cm³/mol. The number of carbonyl (C=O) groups is 1. The number of methoxy groups -OCH3 is 4. The van der Waals surface area contributed by atoms with Gasteiger partial charge in [-0.2, -0.15) is 0 Å². The summed E-state index contributed by atoms with van der Waals surface area (Å²) in [6.07, 6.45) is -0.523. The van der Waals surface area contributed by atoms with Crippen LogP contribution in [-0.4, -0.2) is 45.6 Å². The van der Waals surface area contributed by atoms with Crippen LogP contribution in [0, 0.1) is 30.6 Å². The smallest absolute Gasteiger partial charge is 0.344 e. The number of benzene rings is 4. The highest BCUT2D eigenvalue weighted by Crippen LogP contribution is 2.33. The number of aliphatic carboxylic acids is 1. The summed E-state index contributed by atoms with van der Waals surface area (Å²) in [6, 6.07) is 22.7. The molecule has 0 aromatic heterocycles. The summed E-state index contributed by atoms with van der Waals surface area (Å²) in [5, 5.41) is 9.38. The van der Waals surface area contributed by atoms with Gasteiger partial charge in [0.15, 0.2) is 29.1 Å². The number of hydrogen-bond donors (Lipinski definition) is 1. The van der Waals surface area contributed by atoms with Gasteiger partial charge in [-0.1, -0.05) is 42.4 Å². The monoisotopic (exact) mass is 622 g/mol. The SMILES string of the molecule is CCC(Oc1ccc(Sc2cc(C#Cc3ccc(OC)c(OC)c3)cc(C#Cc3ccc(OC)c(OC)c3)c2)cc1C)C(=O)O. The van der Waals surface area contributed by atoms with Crippen molar-refractivity contribution in [2.24, 2.45) is 0 Å². The molecule has 0 saturated heterocycles. The molecule has 45 heavy (non-hydrogen) atoms. The molecule has 1 N–H and O–H groups in total. The number of ether oxygens (including phenoxy) is 5. The molecule has 1 unspecified atom stereocenters. The van der Waals surface area contributed by atoms with Crippen molar-refractivity contribution in [3.63, 3.8) is 0 Å². The van der Waals surface area contributed by atoms with E-state index in [1.54, 1.807) is 47.1 Å². The highest BCUT2D eigenvalue weighted by molar-refractivity contribution is 7.99. The minimum absolute atomic E-state index is 0.371. The summed E-state index contributed by atoms with van der Waals surface area (Å²) in [4.78, 5) is 13.4. The summed E-state index contributed by atoms with van der Waals surface area (Å²) in [6.45, 7) is 3.68. The van der Waals surface area contributed by atoms with E-state index >= 15 is 0 Å². The molecule has 0 amide bonds. The van der Waals surface area contributed by atoms with E-state index in [4.69, 9.17) is 23.7 Å². The van der Waals surface area contributed by atoms with Crippen LogP contribution in [0.2, 0.25) is 0 Å². The van der Waals surface area contributed by atoms with Gasteiger partial charge in [-0.05, 0) is 91.7 Å². The molecule has 0 aliphatic heterocycles. The number of carboxylic acid groups (broad SMARTS) is 1. The molecule has 0 saturated carbocycles. The quantitative estimate of drug-likeness (QED) is 0.186. The molecule has 8 heteroatoms. The Hall–Kier alpha value is -5.18. The normalized spacial score (nSPS) is 10.8. The van der Waals surface area contributed by atoms with Gasteiger partial charge in [0.05, 0.1) is 28.4 Å². The third kappa shape index (κ3) is 8.69. The van der Waals surface area contributed by atoms with E-state index in [9.17, 15) is 9.90 Å². The van der Waals surface area contributed by atoms with E-state index in [1.165, 1.54) is 0 Å². The van der Waals surface area contributed by atoms with E-state index in [0.29, 0.717) is 35.2 Å². The molecule has 0 radical (unpaired) electrons. The van der Waals surface area contributed by atoms with Crippen molar-refractivity contribution in [2.75, 3.05) is 28.4 Å². The summed E-state index contributed by atoms with van der Waals surface area (Å²) in [5.74, 6) is 15.0. The van der Waals surface area contributed by atoms with Crippen LogP contribution in [0.25, 0.3) is 0 Å². The molecule has 0 heterocycles. The molecule has 0 bridgehead atoms. The summed E-state index contributed by atoms with van der Waals surface area (Å²) < 4.78 is 27.3. The van der Waals surface area contributed by atoms with Gasteiger partial charge < -0.3 is 28.8 Å². The van der Waals surface area contributed by atoms with Gasteiger partial charge in [-0.15, -0.1) is 0 Å². The van der Waals surface area contributed by atoms with Crippen molar-refractivity contribution in [1.82, 2.24) is 0 Å². The van der Waals surface area contributed by atoms with Gasteiger partial charge in [0.2, 0.25) is 0 Å². The average Bonchev–Trinajstić information content (AvgIpc) is 3.05. The Kier molecular flexibility index (Phi) is 11.3. The second-order valence-electron chi connectivity index (χ2n) is 9.77. The van der Waals surface area contributed by atoms with Crippen molar-refractivity contribution in [1.29, 1.82) is 0 Å². The molecule has 1 atom stereocenters. The van der Waals surface area contributed by atoms with E-state index in [-0.39, 0.29) is 0 Å². The lowest BCUT2D eigenvalue weighted by Gasteiger charge is -2.15. The third-order valence-corrected chi connectivity index (χ3v) is 7.63. The number of aryl methyl sites for hydroxylation is 1. The van der Waals surface area contributed by atoms with Gasteiger partial charge in [0.25, 0.3) is 0 Å². The Morgan fingerprint density at radius 3 is 1.58 bits per heavy atom. The van der Waals surface area contributed by atoms with Crippen LogP contribution >= 0.6 is 11.8 Å². The second kappa shape index (κ2) is 15.5. The molecule has 0 aliphatic carbocycles. The Bertz CT molecular complexity index is 1720. The number of hydrogen-bond acceptors (Lipinski definition) is 7. The Morgan fingerprint density at radius 2 is 1.13 bits per heavy atom. The van der Waals surface area contributed by atoms with Gasteiger partial charge in [0, 0.05) is 32.0 Å². The average molecular weight is 623 g/mol. The van der Waals surface area contributed by atoms with E-state index < -0.39 is 12.1 Å². The van der Waals surface area contributed by atoms with Gasteiger partial charge >= 0.3 is 5.97 Å². The lowest BCUT2D eigenvalue weighted by atomic mass is 10.1. The van der Waals surface area contributed by atoms with Crippen molar-refractivity contribution < 1.29 is 33.6 Å². The topological polar surface area (TPSA) is 83.5 Å². The zero-order chi connectivity index (χ0) is 32.3. The minimum Gasteiger partial charge on any atom is -0.493 e. The van der Waals surface area contributed by atoms with Crippen LogP contribution in [-0.2, 0) is 4.79 Å². The van der Waals surface area contributed by atoms with E-state index in [0.717, 1.165) is 37.6 Å². The maximum atomic E-state index is 11.5. The maximum Gasteiger partial charge on any atom is 0.344 e. The Labute approximate surface area is 268 Å². The first-order valence-corrected chi connectivity index (χ1v) is 14.9. The van der Waals surface area contributed by atoms with Crippen LogP contribution in [0.15, 0.2) is 82.6 Å². The minimum atomic E-state index is -0.983. The first-order valence-electron chi connectivity index (χ1n) is 14.1. The molecule has 0 spiro atoms. The molecule has 4 aromatic carbocycles. The van der Waals surface area contributed by atoms with Gasteiger partial charge in [-0.3, -0.25) is 0 Å². The van der Waals surface area contributed by atoms with Crippen molar-refractivity contribution in [3.05, 3.63) is 101 Å². The highest BCUT2D eigenvalue weighted by Gasteiger charge is 2.18. The van der Waals surface area contributed by atoms with E-state index in [1.807, 2.05) is 79.7 Å². The van der Waals surface area contributed by atoms with Gasteiger partial charge in [-0.25, -0.2) is 4.79 Å². The molecule has 4 rings (SSSR count). The molecule has 4 aromatic rings. The lowest BCUT2D eigenvalue weighted by Crippen LogP contribution is -2.26. The van der Waals surface area contributed by atoms with Gasteiger partial charge in [0.1, 0.15) is 5.75 Å². The highest BCUT2D eigenvalue weighted by atomic mass is 32.2. The molecule has 7 nitrogen and oxygen atoms in total.